The minimum absolute atomic E-state index is 0.537. The molecule has 0 radical (unpaired) electrons. The van der Waals surface area contributed by atoms with Crippen LogP contribution in [0.4, 0.5) is 0 Å². The second-order valence-corrected chi connectivity index (χ2v) is 7.46. The van der Waals surface area contributed by atoms with Crippen LogP contribution in [-0.4, -0.2) is 52.3 Å². The molecule has 22 heavy (non-hydrogen) atoms. The minimum Gasteiger partial charge on any atom is -0.317 e. The fraction of sp³-hybridized carbons (Fsp3) is 0.882. The van der Waals surface area contributed by atoms with Gasteiger partial charge in [-0.15, -0.1) is 0 Å². The molecular formula is C17H29N5. The summed E-state index contributed by atoms with van der Waals surface area (Å²) < 4.78 is 0. The quantitative estimate of drug-likeness (QED) is 0.894. The van der Waals surface area contributed by atoms with Gasteiger partial charge in [0.15, 0.2) is 5.82 Å². The molecule has 2 N–H and O–H groups in total. The number of piperidine rings is 2. The van der Waals surface area contributed by atoms with E-state index in [-0.39, 0.29) is 0 Å². The van der Waals surface area contributed by atoms with E-state index in [4.69, 9.17) is 4.98 Å². The summed E-state index contributed by atoms with van der Waals surface area (Å²) in [5.41, 5.74) is 0. The predicted octanol–water partition coefficient (Wildman–Crippen LogP) is 2.08. The molecular weight excluding hydrogens is 274 g/mol. The zero-order valence-corrected chi connectivity index (χ0v) is 13.6. The smallest absolute Gasteiger partial charge is 0.155 e. The van der Waals surface area contributed by atoms with Gasteiger partial charge in [0.25, 0.3) is 0 Å². The third kappa shape index (κ3) is 3.20. The van der Waals surface area contributed by atoms with Gasteiger partial charge >= 0.3 is 0 Å². The first-order valence-electron chi connectivity index (χ1n) is 9.24. The Morgan fingerprint density at radius 3 is 2.68 bits per heavy atom. The zero-order valence-electron chi connectivity index (χ0n) is 13.6. The van der Waals surface area contributed by atoms with Crippen molar-refractivity contribution in [2.75, 3.05) is 26.2 Å². The first kappa shape index (κ1) is 14.6. The number of nitrogens with one attached hydrogen (secondary N) is 2. The van der Waals surface area contributed by atoms with E-state index in [9.17, 15) is 0 Å². The van der Waals surface area contributed by atoms with E-state index >= 15 is 0 Å². The highest BCUT2D eigenvalue weighted by Gasteiger charge is 2.29. The first-order chi connectivity index (χ1) is 10.9. The molecule has 1 aromatic heterocycles. The lowest BCUT2D eigenvalue weighted by molar-refractivity contribution is 0.121. The van der Waals surface area contributed by atoms with Gasteiger partial charge in [-0.2, -0.15) is 5.10 Å². The van der Waals surface area contributed by atoms with Crippen molar-refractivity contribution in [3.63, 3.8) is 0 Å². The van der Waals surface area contributed by atoms with Crippen LogP contribution in [0.5, 0.6) is 0 Å². The summed E-state index contributed by atoms with van der Waals surface area (Å²) in [6.45, 7) is 4.78. The van der Waals surface area contributed by atoms with Gasteiger partial charge in [0, 0.05) is 24.9 Å². The van der Waals surface area contributed by atoms with Crippen LogP contribution in [0.1, 0.15) is 62.5 Å². The molecule has 1 aliphatic carbocycles. The van der Waals surface area contributed by atoms with Crippen molar-refractivity contribution in [2.45, 2.75) is 63.3 Å². The molecule has 5 nitrogen and oxygen atoms in total. The van der Waals surface area contributed by atoms with Crippen molar-refractivity contribution < 1.29 is 0 Å². The Bertz CT molecular complexity index is 475. The highest BCUT2D eigenvalue weighted by atomic mass is 15.2. The van der Waals surface area contributed by atoms with Gasteiger partial charge in [-0.1, -0.05) is 19.3 Å². The van der Waals surface area contributed by atoms with Crippen molar-refractivity contribution in [3.8, 4) is 0 Å². The first-order valence-corrected chi connectivity index (χ1v) is 9.24. The number of hydrogen-bond donors (Lipinski definition) is 2. The highest BCUT2D eigenvalue weighted by Crippen LogP contribution is 2.30. The number of aromatic nitrogens is 3. The Morgan fingerprint density at radius 2 is 1.91 bits per heavy atom. The van der Waals surface area contributed by atoms with Crippen molar-refractivity contribution in [1.82, 2.24) is 25.4 Å². The molecule has 0 bridgehead atoms. The van der Waals surface area contributed by atoms with E-state index < -0.39 is 0 Å². The lowest BCUT2D eigenvalue weighted by Gasteiger charge is -2.39. The van der Waals surface area contributed by atoms with Crippen LogP contribution >= 0.6 is 0 Å². The highest BCUT2D eigenvalue weighted by molar-refractivity contribution is 5.02. The van der Waals surface area contributed by atoms with Crippen LogP contribution in [0.2, 0.25) is 0 Å². The van der Waals surface area contributed by atoms with E-state index in [1.165, 1.54) is 64.6 Å². The van der Waals surface area contributed by atoms with Crippen molar-refractivity contribution in [2.24, 2.45) is 5.92 Å². The van der Waals surface area contributed by atoms with Crippen molar-refractivity contribution >= 4 is 0 Å². The monoisotopic (exact) mass is 303 g/mol. The van der Waals surface area contributed by atoms with Gasteiger partial charge in [0.1, 0.15) is 5.82 Å². The fourth-order valence-electron chi connectivity index (χ4n) is 4.27. The summed E-state index contributed by atoms with van der Waals surface area (Å²) in [6, 6.07) is 0.775. The summed E-state index contributed by atoms with van der Waals surface area (Å²) >= 11 is 0. The SMILES string of the molecule is C1CC(Cc2nc([C@@H]3CCCN(C4CCNCC4)C3)n[nH]2)C1. The summed E-state index contributed by atoms with van der Waals surface area (Å²) in [4.78, 5) is 7.53. The lowest BCUT2D eigenvalue weighted by atomic mass is 9.83. The van der Waals surface area contributed by atoms with E-state index in [1.807, 2.05) is 0 Å². The maximum absolute atomic E-state index is 4.83. The third-order valence-corrected chi connectivity index (χ3v) is 5.90. The molecule has 0 amide bonds. The Morgan fingerprint density at radius 1 is 1.05 bits per heavy atom. The van der Waals surface area contributed by atoms with Gasteiger partial charge in [-0.05, 0) is 51.2 Å². The van der Waals surface area contributed by atoms with E-state index in [0.717, 1.165) is 36.6 Å². The Labute approximate surface area is 133 Å². The second-order valence-electron chi connectivity index (χ2n) is 7.46. The molecule has 5 heteroatoms. The molecule has 3 heterocycles. The number of hydrogen-bond acceptors (Lipinski definition) is 4. The average Bonchev–Trinajstić information content (AvgIpc) is 3.01. The van der Waals surface area contributed by atoms with Crippen LogP contribution in [0, 0.1) is 5.92 Å². The minimum atomic E-state index is 0.537. The molecule has 4 rings (SSSR count). The van der Waals surface area contributed by atoms with Crippen LogP contribution in [0.25, 0.3) is 0 Å². The average molecular weight is 303 g/mol. The van der Waals surface area contributed by atoms with Crippen molar-refractivity contribution in [1.29, 1.82) is 0 Å². The number of rotatable bonds is 4. The molecule has 1 aromatic rings. The number of H-pyrrole nitrogens is 1. The summed E-state index contributed by atoms with van der Waals surface area (Å²) in [5.74, 6) is 3.60. The summed E-state index contributed by atoms with van der Waals surface area (Å²) in [5, 5.41) is 11.2. The van der Waals surface area contributed by atoms with Gasteiger partial charge in [0.05, 0.1) is 0 Å². The van der Waals surface area contributed by atoms with Crippen molar-refractivity contribution in [3.05, 3.63) is 11.6 Å². The Balaban J connectivity index is 1.36. The molecule has 2 saturated heterocycles. The largest absolute Gasteiger partial charge is 0.317 e. The molecule has 2 aliphatic heterocycles. The van der Waals surface area contributed by atoms with Crippen LogP contribution in [-0.2, 0) is 6.42 Å². The van der Waals surface area contributed by atoms with E-state index in [0.29, 0.717) is 5.92 Å². The van der Waals surface area contributed by atoms with Crippen LogP contribution < -0.4 is 5.32 Å². The molecule has 0 unspecified atom stereocenters. The molecule has 1 atom stereocenters. The van der Waals surface area contributed by atoms with Crippen LogP contribution in [0.3, 0.4) is 0 Å². The second kappa shape index (κ2) is 6.67. The standard InChI is InChI=1S/C17H29N5/c1-3-13(4-1)11-16-19-17(21-20-16)14-5-2-10-22(12-14)15-6-8-18-9-7-15/h13-15,18H,1-12H2,(H,19,20,21)/t14-/m1/s1. The maximum Gasteiger partial charge on any atom is 0.155 e. The van der Waals surface area contributed by atoms with Crippen LogP contribution in [0.15, 0.2) is 0 Å². The number of likely N-dealkylation sites (tertiary alicyclic amines) is 1. The van der Waals surface area contributed by atoms with Gasteiger partial charge in [-0.25, -0.2) is 4.98 Å². The Hall–Kier alpha value is -0.940. The topological polar surface area (TPSA) is 56.8 Å². The lowest BCUT2D eigenvalue weighted by Crippen LogP contribution is -2.47. The summed E-state index contributed by atoms with van der Waals surface area (Å²) in [7, 11) is 0. The molecule has 1 saturated carbocycles. The van der Waals surface area contributed by atoms with E-state index in [1.54, 1.807) is 0 Å². The number of nitrogens with zero attached hydrogens (tertiary/aromatic N) is 3. The third-order valence-electron chi connectivity index (χ3n) is 5.90. The number of aromatic amines is 1. The molecule has 3 fully saturated rings. The normalized spacial score (nSPS) is 28.6. The predicted molar refractivity (Wildman–Crippen MR) is 86.9 cm³/mol. The molecule has 0 aromatic carbocycles. The van der Waals surface area contributed by atoms with Gasteiger partial charge in [0.2, 0.25) is 0 Å². The van der Waals surface area contributed by atoms with Gasteiger partial charge in [-0.3, -0.25) is 10.00 Å². The zero-order chi connectivity index (χ0) is 14.8. The molecule has 3 aliphatic rings. The van der Waals surface area contributed by atoms with Gasteiger partial charge < -0.3 is 5.32 Å². The molecule has 122 valence electrons. The summed E-state index contributed by atoms with van der Waals surface area (Å²) in [6.07, 6.45) is 10.4. The van der Waals surface area contributed by atoms with E-state index in [2.05, 4.69) is 20.4 Å². The fourth-order valence-corrected chi connectivity index (χ4v) is 4.27. The molecule has 0 spiro atoms. The Kier molecular flexibility index (Phi) is 4.44. The maximum atomic E-state index is 4.83.